The fourth-order valence-corrected chi connectivity index (χ4v) is 4.77. The molecule has 1 aliphatic rings. The zero-order valence-corrected chi connectivity index (χ0v) is 23.1. The van der Waals surface area contributed by atoms with Gasteiger partial charge in [-0.2, -0.15) is 0 Å². The number of anilines is 1. The second kappa shape index (κ2) is 13.0. The first-order valence-corrected chi connectivity index (χ1v) is 13.9. The summed E-state index contributed by atoms with van der Waals surface area (Å²) in [5.74, 6) is -0.812. The number of amides is 2. The molecule has 8 nitrogen and oxygen atoms in total. The highest BCUT2D eigenvalue weighted by atomic mass is 16.5. The van der Waals surface area contributed by atoms with Crippen LogP contribution >= 0.6 is 0 Å². The van der Waals surface area contributed by atoms with Crippen LogP contribution in [-0.4, -0.2) is 30.2 Å². The van der Waals surface area contributed by atoms with Crippen LogP contribution in [0.5, 0.6) is 0 Å². The van der Waals surface area contributed by atoms with Gasteiger partial charge in [-0.3, -0.25) is 15.0 Å². The molecule has 0 radical (unpaired) electrons. The third-order valence-electron chi connectivity index (χ3n) is 7.41. The van der Waals surface area contributed by atoms with E-state index in [4.69, 9.17) is 15.9 Å². The second-order valence-electron chi connectivity index (χ2n) is 10.3. The van der Waals surface area contributed by atoms with E-state index in [-0.39, 0.29) is 29.8 Å². The zero-order chi connectivity index (χ0) is 29.5. The summed E-state index contributed by atoms with van der Waals surface area (Å²) in [6.07, 6.45) is 3.40. The number of carbonyl (C=O) groups excluding carboxylic acids is 3. The van der Waals surface area contributed by atoms with Crippen LogP contribution < -0.4 is 16.4 Å². The molecule has 212 valence electrons. The number of benzene rings is 4. The van der Waals surface area contributed by atoms with E-state index >= 15 is 0 Å². The van der Waals surface area contributed by atoms with Gasteiger partial charge in [-0.25, -0.2) is 4.79 Å². The van der Waals surface area contributed by atoms with E-state index in [2.05, 4.69) is 10.6 Å². The van der Waals surface area contributed by atoms with Crippen LogP contribution in [0.25, 0.3) is 11.1 Å². The number of ether oxygens (including phenoxy) is 1. The predicted octanol–water partition coefficient (Wildman–Crippen LogP) is 5.78. The molecular weight excluding hydrogens is 528 g/mol. The van der Waals surface area contributed by atoms with E-state index in [9.17, 15) is 14.4 Å². The van der Waals surface area contributed by atoms with Crippen molar-refractivity contribution >= 4 is 29.3 Å². The van der Waals surface area contributed by atoms with Crippen LogP contribution in [0.3, 0.4) is 0 Å². The van der Waals surface area contributed by atoms with Crippen molar-refractivity contribution in [3.05, 3.63) is 125 Å². The van der Waals surface area contributed by atoms with Crippen LogP contribution in [0.2, 0.25) is 0 Å². The Bertz CT molecular complexity index is 1610. The molecule has 42 heavy (non-hydrogen) atoms. The standard InChI is InChI=1S/C34H32N4O4/c35-31(36)24-13-16-26(17-14-24)38-33(40)29-12-5-4-11-27(29)28-18-15-25(32(39)37-20-22-9-6-10-22)19-30(28)34(41)42-21-23-7-2-1-3-8-23/h1-5,7-8,11-19,22H,6,9-10,20-21H2,(H3,35,36)(H,37,39)(H,38,40). The van der Waals surface area contributed by atoms with Crippen molar-refractivity contribution in [3.8, 4) is 11.1 Å². The number of carbonyl (C=O) groups is 3. The molecule has 0 saturated heterocycles. The summed E-state index contributed by atoms with van der Waals surface area (Å²) in [5.41, 5.74) is 9.30. The monoisotopic (exact) mass is 560 g/mol. The number of hydrogen-bond acceptors (Lipinski definition) is 5. The molecule has 0 bridgehead atoms. The van der Waals surface area contributed by atoms with E-state index in [0.29, 0.717) is 46.0 Å². The van der Waals surface area contributed by atoms with E-state index in [0.717, 1.165) is 18.4 Å². The quantitative estimate of drug-likeness (QED) is 0.111. The number of hydrogen-bond donors (Lipinski definition) is 4. The van der Waals surface area contributed by atoms with Crippen molar-refractivity contribution in [2.45, 2.75) is 25.9 Å². The van der Waals surface area contributed by atoms with Gasteiger partial charge in [0, 0.05) is 28.9 Å². The van der Waals surface area contributed by atoms with Gasteiger partial charge in [-0.1, -0.05) is 61.0 Å². The third-order valence-corrected chi connectivity index (χ3v) is 7.41. The Hall–Kier alpha value is -5.24. The van der Waals surface area contributed by atoms with Crippen LogP contribution in [0.1, 0.15) is 61.5 Å². The molecule has 5 rings (SSSR count). The Labute approximate surface area is 244 Å². The van der Waals surface area contributed by atoms with Gasteiger partial charge in [-0.05, 0) is 77.9 Å². The van der Waals surface area contributed by atoms with Gasteiger partial charge < -0.3 is 21.1 Å². The molecule has 1 fully saturated rings. The lowest BCUT2D eigenvalue weighted by atomic mass is 9.85. The second-order valence-corrected chi connectivity index (χ2v) is 10.3. The van der Waals surface area contributed by atoms with Crippen LogP contribution in [0, 0.1) is 11.3 Å². The predicted molar refractivity (Wildman–Crippen MR) is 163 cm³/mol. The van der Waals surface area contributed by atoms with E-state index in [1.165, 1.54) is 12.5 Å². The summed E-state index contributed by atoms with van der Waals surface area (Å²) < 4.78 is 5.66. The number of amidine groups is 1. The zero-order valence-electron chi connectivity index (χ0n) is 23.1. The van der Waals surface area contributed by atoms with Crippen molar-refractivity contribution < 1.29 is 19.1 Å². The number of nitrogen functional groups attached to an aromatic ring is 1. The molecule has 0 heterocycles. The molecule has 0 aromatic heterocycles. The van der Waals surface area contributed by atoms with Crippen LogP contribution in [0.4, 0.5) is 5.69 Å². The van der Waals surface area contributed by atoms with Gasteiger partial charge in [0.1, 0.15) is 12.4 Å². The van der Waals surface area contributed by atoms with Gasteiger partial charge in [0.15, 0.2) is 0 Å². The van der Waals surface area contributed by atoms with E-state index in [1.807, 2.05) is 30.3 Å². The highest BCUT2D eigenvalue weighted by Gasteiger charge is 2.23. The fraction of sp³-hybridized carbons (Fsp3) is 0.176. The fourth-order valence-electron chi connectivity index (χ4n) is 4.77. The van der Waals surface area contributed by atoms with Crippen molar-refractivity contribution in [1.29, 1.82) is 5.41 Å². The molecule has 2 amide bonds. The molecule has 0 spiro atoms. The summed E-state index contributed by atoms with van der Waals surface area (Å²) in [7, 11) is 0. The Morgan fingerprint density at radius 2 is 1.45 bits per heavy atom. The van der Waals surface area contributed by atoms with Crippen molar-refractivity contribution in [1.82, 2.24) is 5.32 Å². The molecule has 8 heteroatoms. The Kier molecular flexibility index (Phi) is 8.72. The third kappa shape index (κ3) is 6.72. The van der Waals surface area contributed by atoms with E-state index in [1.54, 1.807) is 60.7 Å². The summed E-state index contributed by atoms with van der Waals surface area (Å²) >= 11 is 0. The van der Waals surface area contributed by atoms with Crippen molar-refractivity contribution in [3.63, 3.8) is 0 Å². The SMILES string of the molecule is N=C(N)c1ccc(NC(=O)c2ccccc2-c2ccc(C(=O)NCC3CCC3)cc2C(=O)OCc2ccccc2)cc1. The van der Waals surface area contributed by atoms with Crippen LogP contribution in [-0.2, 0) is 11.3 Å². The number of rotatable bonds is 10. The van der Waals surface area contributed by atoms with Gasteiger partial charge in [0.25, 0.3) is 11.8 Å². The lowest BCUT2D eigenvalue weighted by molar-refractivity contribution is 0.0473. The lowest BCUT2D eigenvalue weighted by Gasteiger charge is -2.25. The molecule has 0 unspecified atom stereocenters. The summed E-state index contributed by atoms with van der Waals surface area (Å²) in [4.78, 5) is 39.9. The van der Waals surface area contributed by atoms with Gasteiger partial charge in [-0.15, -0.1) is 0 Å². The highest BCUT2D eigenvalue weighted by Crippen LogP contribution is 2.30. The Morgan fingerprint density at radius 1 is 0.786 bits per heavy atom. The largest absolute Gasteiger partial charge is 0.457 e. The van der Waals surface area contributed by atoms with Gasteiger partial charge >= 0.3 is 5.97 Å². The molecule has 0 atom stereocenters. The van der Waals surface area contributed by atoms with Crippen molar-refractivity contribution in [2.24, 2.45) is 11.7 Å². The number of esters is 1. The summed E-state index contributed by atoms with van der Waals surface area (Å²) in [5, 5.41) is 13.4. The van der Waals surface area contributed by atoms with Crippen molar-refractivity contribution in [2.75, 3.05) is 11.9 Å². The highest BCUT2D eigenvalue weighted by molar-refractivity contribution is 6.11. The smallest absolute Gasteiger partial charge is 0.339 e. The normalized spacial score (nSPS) is 12.6. The molecule has 5 N–H and O–H groups in total. The Balaban J connectivity index is 1.45. The molecule has 0 aliphatic heterocycles. The molecule has 4 aromatic carbocycles. The number of nitrogens with one attached hydrogen (secondary N) is 3. The Morgan fingerprint density at radius 3 is 2.14 bits per heavy atom. The molecule has 4 aromatic rings. The maximum absolute atomic E-state index is 13.5. The summed E-state index contributed by atoms with van der Waals surface area (Å²) in [6.45, 7) is 0.667. The minimum absolute atomic E-state index is 0.0648. The maximum Gasteiger partial charge on any atom is 0.339 e. The maximum atomic E-state index is 13.5. The average molecular weight is 561 g/mol. The average Bonchev–Trinajstić information content (AvgIpc) is 2.99. The minimum Gasteiger partial charge on any atom is -0.457 e. The van der Waals surface area contributed by atoms with Gasteiger partial charge in [0.2, 0.25) is 0 Å². The topological polar surface area (TPSA) is 134 Å². The molecule has 1 aliphatic carbocycles. The van der Waals surface area contributed by atoms with Crippen LogP contribution in [0.15, 0.2) is 97.1 Å². The summed E-state index contributed by atoms with van der Waals surface area (Å²) in [6, 6.07) is 27.8. The number of nitrogens with two attached hydrogens (primary N) is 1. The first-order valence-electron chi connectivity index (χ1n) is 13.9. The van der Waals surface area contributed by atoms with E-state index < -0.39 is 5.97 Å². The van der Waals surface area contributed by atoms with Gasteiger partial charge in [0.05, 0.1) is 5.56 Å². The lowest BCUT2D eigenvalue weighted by Crippen LogP contribution is -2.32. The first kappa shape index (κ1) is 28.3. The first-order chi connectivity index (χ1) is 20.4. The molecule has 1 saturated carbocycles. The molecular formula is C34H32N4O4. The minimum atomic E-state index is -0.600.